The number of hydrazone groups is 1. The Bertz CT molecular complexity index is 1010. The van der Waals surface area contributed by atoms with E-state index >= 15 is 0 Å². The first-order chi connectivity index (χ1) is 16.5. The fraction of sp³-hybridized carbons (Fsp3) is 0.400. The van der Waals surface area contributed by atoms with E-state index in [0.29, 0.717) is 36.6 Å². The molecule has 0 aliphatic carbocycles. The molecule has 1 atom stereocenters. The zero-order valence-corrected chi connectivity index (χ0v) is 19.8. The zero-order chi connectivity index (χ0) is 24.5. The van der Waals surface area contributed by atoms with Crippen LogP contribution < -0.4 is 10.1 Å². The molecule has 0 fully saturated rings. The van der Waals surface area contributed by atoms with E-state index in [2.05, 4.69) is 10.4 Å². The summed E-state index contributed by atoms with van der Waals surface area (Å²) in [6.45, 7) is 2.82. The Hall–Kier alpha value is -3.46. The highest BCUT2D eigenvalue weighted by atomic mass is 19.1. The lowest BCUT2D eigenvalue weighted by Gasteiger charge is -2.27. The van der Waals surface area contributed by atoms with E-state index in [1.807, 2.05) is 31.2 Å². The van der Waals surface area contributed by atoms with E-state index in [-0.39, 0.29) is 25.0 Å². The molecule has 8 nitrogen and oxygen atoms in total. The van der Waals surface area contributed by atoms with Crippen molar-refractivity contribution >= 4 is 17.6 Å². The Kier molecular flexibility index (Phi) is 8.98. The maximum atomic E-state index is 14.5. The van der Waals surface area contributed by atoms with Gasteiger partial charge in [0.05, 0.1) is 25.5 Å². The van der Waals surface area contributed by atoms with Crippen LogP contribution in [0.5, 0.6) is 5.75 Å². The summed E-state index contributed by atoms with van der Waals surface area (Å²) in [5, 5.41) is 8.67. The van der Waals surface area contributed by atoms with Crippen molar-refractivity contribution in [1.82, 2.24) is 15.2 Å². The summed E-state index contributed by atoms with van der Waals surface area (Å²) in [5.74, 6) is -0.0761. The Morgan fingerprint density at radius 3 is 2.56 bits per heavy atom. The molecule has 34 heavy (non-hydrogen) atoms. The van der Waals surface area contributed by atoms with Crippen molar-refractivity contribution in [2.75, 3.05) is 40.5 Å². The highest BCUT2D eigenvalue weighted by Gasteiger charge is 2.35. The number of nitrogens with one attached hydrogen (secondary N) is 1. The van der Waals surface area contributed by atoms with Crippen molar-refractivity contribution in [1.29, 1.82) is 0 Å². The van der Waals surface area contributed by atoms with Crippen molar-refractivity contribution in [2.45, 2.75) is 25.8 Å². The Balaban J connectivity index is 1.88. The number of amides is 3. The number of nitrogens with zero attached hydrogens (tertiary/aromatic N) is 3. The van der Waals surface area contributed by atoms with Crippen LogP contribution in [0, 0.1) is 5.82 Å². The summed E-state index contributed by atoms with van der Waals surface area (Å²) in [7, 11) is 3.12. The van der Waals surface area contributed by atoms with E-state index in [4.69, 9.17) is 9.47 Å². The van der Waals surface area contributed by atoms with Crippen molar-refractivity contribution in [2.24, 2.45) is 5.10 Å². The molecule has 9 heteroatoms. The second kappa shape index (κ2) is 12.1. The van der Waals surface area contributed by atoms with Gasteiger partial charge in [0.15, 0.2) is 0 Å². The zero-order valence-electron chi connectivity index (χ0n) is 19.8. The predicted molar refractivity (Wildman–Crippen MR) is 127 cm³/mol. The Morgan fingerprint density at radius 2 is 1.91 bits per heavy atom. The fourth-order valence-electron chi connectivity index (χ4n) is 3.72. The molecule has 1 aliphatic rings. The molecule has 2 aromatic carbocycles. The normalized spacial score (nSPS) is 15.1. The van der Waals surface area contributed by atoms with Crippen LogP contribution in [0.2, 0.25) is 0 Å². The van der Waals surface area contributed by atoms with Crippen molar-refractivity contribution < 1.29 is 23.5 Å². The number of halogens is 1. The van der Waals surface area contributed by atoms with Crippen LogP contribution in [0.1, 0.15) is 36.9 Å². The monoisotopic (exact) mass is 470 g/mol. The van der Waals surface area contributed by atoms with Gasteiger partial charge in [-0.15, -0.1) is 0 Å². The van der Waals surface area contributed by atoms with Crippen LogP contribution in [-0.2, 0) is 9.53 Å². The molecule has 0 saturated carbocycles. The molecule has 0 saturated heterocycles. The molecule has 182 valence electrons. The molecule has 1 N–H and O–H groups in total. The van der Waals surface area contributed by atoms with E-state index in [1.165, 1.54) is 23.1 Å². The molecule has 2 aromatic rings. The number of ether oxygens (including phenoxy) is 2. The van der Waals surface area contributed by atoms with Crippen LogP contribution >= 0.6 is 0 Å². The topological polar surface area (TPSA) is 83.5 Å². The third-order valence-corrected chi connectivity index (χ3v) is 5.56. The number of rotatable bonds is 10. The largest absolute Gasteiger partial charge is 0.497 e. The SMILES string of the molecule is CCCNC(=O)N(CCOC)CC(=O)N1N=C(c2ccccc2F)C[C@@H]1c1ccc(OC)cc1. The second-order valence-corrected chi connectivity index (χ2v) is 7.90. The van der Waals surface area contributed by atoms with Crippen LogP contribution in [-0.4, -0.2) is 68.0 Å². The second-order valence-electron chi connectivity index (χ2n) is 7.90. The van der Waals surface area contributed by atoms with Gasteiger partial charge >= 0.3 is 6.03 Å². The first-order valence-corrected chi connectivity index (χ1v) is 11.3. The molecule has 3 amide bonds. The number of benzene rings is 2. The van der Waals surface area contributed by atoms with Gasteiger partial charge < -0.3 is 19.7 Å². The van der Waals surface area contributed by atoms with E-state index in [9.17, 15) is 14.0 Å². The summed E-state index contributed by atoms with van der Waals surface area (Å²) in [6, 6.07) is 12.9. The Labute approximate surface area is 199 Å². The quantitative estimate of drug-likeness (QED) is 0.575. The molecule has 0 unspecified atom stereocenters. The molecule has 0 bridgehead atoms. The van der Waals surface area contributed by atoms with E-state index in [0.717, 1.165) is 12.0 Å². The van der Waals surface area contributed by atoms with Crippen molar-refractivity contribution in [3.05, 3.63) is 65.5 Å². The maximum Gasteiger partial charge on any atom is 0.317 e. The molecular weight excluding hydrogens is 439 g/mol. The minimum absolute atomic E-state index is 0.181. The number of hydrogen-bond donors (Lipinski definition) is 1. The molecular formula is C25H31FN4O4. The standard InChI is InChI=1S/C25H31FN4O4/c1-4-13-27-25(32)29(14-15-33-2)17-24(31)30-23(18-9-11-19(34-3)12-10-18)16-22(28-30)20-7-5-6-8-21(20)26/h5-12,23H,4,13-17H2,1-3H3,(H,27,32)/t23-/m1/s1. The molecule has 0 spiro atoms. The first-order valence-electron chi connectivity index (χ1n) is 11.3. The van der Waals surface area contributed by atoms with E-state index < -0.39 is 11.9 Å². The van der Waals surface area contributed by atoms with Crippen LogP contribution in [0.15, 0.2) is 53.6 Å². The minimum Gasteiger partial charge on any atom is -0.497 e. The van der Waals surface area contributed by atoms with Crippen molar-refractivity contribution in [3.8, 4) is 5.75 Å². The van der Waals surface area contributed by atoms with Gasteiger partial charge in [0.2, 0.25) is 0 Å². The predicted octanol–water partition coefficient (Wildman–Crippen LogP) is 3.58. The number of carbonyl (C=O) groups is 2. The highest BCUT2D eigenvalue weighted by molar-refractivity contribution is 6.03. The molecule has 3 rings (SSSR count). The summed E-state index contributed by atoms with van der Waals surface area (Å²) in [6.07, 6.45) is 1.12. The molecule has 1 aliphatic heterocycles. The lowest BCUT2D eigenvalue weighted by atomic mass is 9.98. The molecule has 0 aromatic heterocycles. The highest BCUT2D eigenvalue weighted by Crippen LogP contribution is 2.34. The number of hydrogen-bond acceptors (Lipinski definition) is 5. The smallest absolute Gasteiger partial charge is 0.317 e. The van der Waals surface area contributed by atoms with Gasteiger partial charge in [0.1, 0.15) is 18.1 Å². The summed E-state index contributed by atoms with van der Waals surface area (Å²) < 4.78 is 24.8. The Morgan fingerprint density at radius 1 is 1.18 bits per heavy atom. The summed E-state index contributed by atoms with van der Waals surface area (Å²) in [5.41, 5.74) is 1.67. The van der Waals surface area contributed by atoms with Gasteiger partial charge in [-0.3, -0.25) is 4.79 Å². The maximum absolute atomic E-state index is 14.5. The van der Waals surface area contributed by atoms with Crippen LogP contribution in [0.4, 0.5) is 9.18 Å². The third kappa shape index (κ3) is 6.11. The van der Waals surface area contributed by atoms with Gasteiger partial charge in [-0.05, 0) is 30.2 Å². The summed E-state index contributed by atoms with van der Waals surface area (Å²) in [4.78, 5) is 27.4. The summed E-state index contributed by atoms with van der Waals surface area (Å²) >= 11 is 0. The average Bonchev–Trinajstić information content (AvgIpc) is 3.30. The lowest BCUT2D eigenvalue weighted by Crippen LogP contribution is -2.47. The number of carbonyl (C=O) groups excluding carboxylic acids is 2. The average molecular weight is 471 g/mol. The molecule has 0 radical (unpaired) electrons. The minimum atomic E-state index is -0.434. The number of urea groups is 1. The van der Waals surface area contributed by atoms with Gasteiger partial charge in [-0.1, -0.05) is 37.3 Å². The van der Waals surface area contributed by atoms with Crippen molar-refractivity contribution in [3.63, 3.8) is 0 Å². The fourth-order valence-corrected chi connectivity index (χ4v) is 3.72. The van der Waals surface area contributed by atoms with Gasteiger partial charge in [0, 0.05) is 32.2 Å². The van der Waals surface area contributed by atoms with Gasteiger partial charge in [0.25, 0.3) is 5.91 Å². The lowest BCUT2D eigenvalue weighted by molar-refractivity contribution is -0.133. The van der Waals surface area contributed by atoms with Crippen LogP contribution in [0.3, 0.4) is 0 Å². The number of methoxy groups -OCH3 is 2. The third-order valence-electron chi connectivity index (χ3n) is 5.56. The van der Waals surface area contributed by atoms with Crippen LogP contribution in [0.25, 0.3) is 0 Å². The van der Waals surface area contributed by atoms with E-state index in [1.54, 1.807) is 25.3 Å². The van der Waals surface area contributed by atoms with Gasteiger partial charge in [-0.2, -0.15) is 5.10 Å². The molecule has 1 heterocycles. The van der Waals surface area contributed by atoms with Gasteiger partial charge in [-0.25, -0.2) is 14.2 Å². The first kappa shape index (κ1) is 25.2.